The number of anilines is 1. The van der Waals surface area contributed by atoms with E-state index in [1.165, 1.54) is 27.1 Å². The van der Waals surface area contributed by atoms with Crippen LogP contribution in [0.15, 0.2) is 85.1 Å². The van der Waals surface area contributed by atoms with Gasteiger partial charge in [0.1, 0.15) is 6.61 Å². The normalized spacial score (nSPS) is 12.2. The van der Waals surface area contributed by atoms with Crippen molar-refractivity contribution < 1.29 is 35.9 Å². The lowest BCUT2D eigenvalue weighted by Gasteiger charge is -2.32. The monoisotopic (exact) mass is 606 g/mol. The number of hydrogen-bond acceptors (Lipinski definition) is 3. The molecule has 1 aromatic heterocycles. The summed E-state index contributed by atoms with van der Waals surface area (Å²) in [5, 5.41) is 0.340. The summed E-state index contributed by atoms with van der Waals surface area (Å²) in [5.74, 6) is -0.562. The molecule has 11 heteroatoms. The Bertz CT molecular complexity index is 1550. The van der Waals surface area contributed by atoms with Gasteiger partial charge in [-0.15, -0.1) is 0 Å². The van der Waals surface area contributed by atoms with Crippen molar-refractivity contribution in [2.75, 3.05) is 11.9 Å². The molecular formula is C31H25ClF6N2O2. The van der Waals surface area contributed by atoms with E-state index in [1.54, 1.807) is 30.3 Å². The third-order valence-electron chi connectivity index (χ3n) is 6.76. The van der Waals surface area contributed by atoms with Gasteiger partial charge in [0.05, 0.1) is 28.4 Å². The maximum atomic E-state index is 13.8. The summed E-state index contributed by atoms with van der Waals surface area (Å²) >= 11 is 6.47. The van der Waals surface area contributed by atoms with E-state index in [1.807, 2.05) is 30.3 Å². The third kappa shape index (κ3) is 6.70. The number of hydrogen-bond donors (Lipinski definition) is 0. The fourth-order valence-corrected chi connectivity index (χ4v) is 4.61. The number of nitrogens with zero attached hydrogens (tertiary/aromatic N) is 2. The van der Waals surface area contributed by atoms with Crippen molar-refractivity contribution in [2.45, 2.75) is 38.2 Å². The minimum absolute atomic E-state index is 0.0291. The first-order chi connectivity index (χ1) is 19.6. The van der Waals surface area contributed by atoms with Gasteiger partial charge < -0.3 is 9.64 Å². The molecule has 1 amide bonds. The van der Waals surface area contributed by atoms with Crippen LogP contribution in [0.3, 0.4) is 0 Å². The highest BCUT2D eigenvalue weighted by molar-refractivity contribution is 6.33. The van der Waals surface area contributed by atoms with Gasteiger partial charge in [-0.25, -0.2) is 4.98 Å². The van der Waals surface area contributed by atoms with Crippen LogP contribution in [0, 0.1) is 0 Å². The fourth-order valence-electron chi connectivity index (χ4n) is 4.37. The van der Waals surface area contributed by atoms with Gasteiger partial charge in [-0.1, -0.05) is 60.1 Å². The predicted molar refractivity (Wildman–Crippen MR) is 148 cm³/mol. The third-order valence-corrected chi connectivity index (χ3v) is 7.09. The second-order valence-corrected chi connectivity index (χ2v) is 10.5. The molecule has 3 aromatic carbocycles. The van der Waals surface area contributed by atoms with E-state index in [4.69, 9.17) is 16.3 Å². The van der Waals surface area contributed by atoms with Crippen LogP contribution in [0.2, 0.25) is 5.02 Å². The van der Waals surface area contributed by atoms with Crippen molar-refractivity contribution >= 4 is 23.2 Å². The number of likely N-dealkylation sites (N-methyl/N-ethyl adjacent to an activating group) is 1. The predicted octanol–water partition coefficient (Wildman–Crippen LogP) is 8.96. The maximum Gasteiger partial charge on any atom is 0.416 e. The molecule has 4 rings (SSSR count). The molecule has 42 heavy (non-hydrogen) atoms. The molecule has 0 N–H and O–H groups in total. The second-order valence-electron chi connectivity index (χ2n) is 10.1. The van der Waals surface area contributed by atoms with Crippen molar-refractivity contribution in [3.05, 3.63) is 112 Å². The van der Waals surface area contributed by atoms with Crippen LogP contribution in [0.25, 0.3) is 11.1 Å². The van der Waals surface area contributed by atoms with Gasteiger partial charge in [0.2, 0.25) is 11.8 Å². The number of ether oxygens (including phenoxy) is 1. The first kappa shape index (κ1) is 30.9. The first-order valence-electron chi connectivity index (χ1n) is 12.6. The summed E-state index contributed by atoms with van der Waals surface area (Å²) < 4.78 is 87.1. The molecule has 0 saturated heterocycles. The van der Waals surface area contributed by atoms with Crippen LogP contribution in [0.1, 0.15) is 36.1 Å². The minimum atomic E-state index is -5.06. The van der Waals surface area contributed by atoms with E-state index < -0.39 is 40.4 Å². The maximum absolute atomic E-state index is 13.8. The number of alkyl halides is 6. The molecule has 0 aliphatic rings. The van der Waals surface area contributed by atoms with Crippen molar-refractivity contribution in [1.82, 2.24) is 4.98 Å². The molecule has 4 nitrogen and oxygen atoms in total. The van der Waals surface area contributed by atoms with Crippen molar-refractivity contribution in [3.8, 4) is 17.0 Å². The van der Waals surface area contributed by atoms with Gasteiger partial charge in [0.15, 0.2) is 0 Å². The molecule has 220 valence electrons. The average molecular weight is 607 g/mol. The van der Waals surface area contributed by atoms with E-state index in [0.717, 1.165) is 10.5 Å². The number of rotatable bonds is 7. The molecule has 0 bridgehead atoms. The smallest absolute Gasteiger partial charge is 0.416 e. The van der Waals surface area contributed by atoms with E-state index >= 15 is 0 Å². The summed E-state index contributed by atoms with van der Waals surface area (Å²) in [6.45, 7) is 2.73. The Hall–Kier alpha value is -4.05. The number of pyridine rings is 1. The van der Waals surface area contributed by atoms with Crippen molar-refractivity contribution in [1.29, 1.82) is 0 Å². The number of carbonyl (C=O) groups is 1. The molecule has 0 atom stereocenters. The van der Waals surface area contributed by atoms with Crippen LogP contribution in [0.5, 0.6) is 5.88 Å². The highest BCUT2D eigenvalue weighted by Crippen LogP contribution is 2.41. The Labute approximate surface area is 243 Å². The van der Waals surface area contributed by atoms with Crippen molar-refractivity contribution in [2.24, 2.45) is 0 Å². The zero-order valence-corrected chi connectivity index (χ0v) is 23.4. The van der Waals surface area contributed by atoms with Gasteiger partial charge in [0.25, 0.3) is 0 Å². The topological polar surface area (TPSA) is 42.4 Å². The van der Waals surface area contributed by atoms with Crippen LogP contribution in [-0.2, 0) is 29.2 Å². The standard InChI is InChI=1S/C31H25ClF6N2O2/c1-29(2,20-13-21(30(33,34)35)15-22(14-20)31(36,37)38)28(41)40(3)26-17-39-27(42-18-19-9-5-4-6-10-19)16-24(26)23-11-7-8-12-25(23)32/h4-17H,18H2,1-3H3. The summed E-state index contributed by atoms with van der Waals surface area (Å²) in [5.41, 5.74) is -3.23. The van der Waals surface area contributed by atoms with Crippen molar-refractivity contribution in [3.63, 3.8) is 0 Å². The lowest BCUT2D eigenvalue weighted by atomic mass is 9.81. The first-order valence-corrected chi connectivity index (χ1v) is 13.0. The zero-order chi connectivity index (χ0) is 30.9. The summed E-state index contributed by atoms with van der Waals surface area (Å²) in [6.07, 6.45) is -8.77. The number of halogens is 7. The Kier molecular flexibility index (Phi) is 8.59. The average Bonchev–Trinajstić information content (AvgIpc) is 2.95. The van der Waals surface area contributed by atoms with Gasteiger partial charge in [0, 0.05) is 29.3 Å². The summed E-state index contributed by atoms with van der Waals surface area (Å²) in [6, 6.07) is 18.8. The van der Waals surface area contributed by atoms with Gasteiger partial charge in [-0.3, -0.25) is 4.79 Å². The summed E-state index contributed by atoms with van der Waals surface area (Å²) in [7, 11) is 1.37. The quantitative estimate of drug-likeness (QED) is 0.197. The molecule has 0 saturated carbocycles. The van der Waals surface area contributed by atoms with Crippen LogP contribution >= 0.6 is 11.6 Å². The van der Waals surface area contributed by atoms with Gasteiger partial charge >= 0.3 is 12.4 Å². The Morgan fingerprint density at radius 2 is 1.36 bits per heavy atom. The van der Waals surface area contributed by atoms with E-state index in [2.05, 4.69) is 4.98 Å². The Morgan fingerprint density at radius 1 is 0.810 bits per heavy atom. The number of amides is 1. The zero-order valence-electron chi connectivity index (χ0n) is 22.6. The molecule has 1 heterocycles. The molecule has 0 aliphatic carbocycles. The molecule has 0 spiro atoms. The lowest BCUT2D eigenvalue weighted by Crippen LogP contribution is -2.42. The lowest BCUT2D eigenvalue weighted by molar-refractivity contribution is -0.143. The number of benzene rings is 3. The van der Waals surface area contributed by atoms with E-state index in [9.17, 15) is 31.1 Å². The van der Waals surface area contributed by atoms with Gasteiger partial charge in [-0.05, 0) is 49.2 Å². The minimum Gasteiger partial charge on any atom is -0.473 e. The van der Waals surface area contributed by atoms with E-state index in [-0.39, 0.29) is 24.2 Å². The fraction of sp³-hybridized carbons (Fsp3) is 0.226. The van der Waals surface area contributed by atoms with Crippen LogP contribution < -0.4 is 9.64 Å². The summed E-state index contributed by atoms with van der Waals surface area (Å²) in [4.78, 5) is 19.3. The largest absolute Gasteiger partial charge is 0.473 e. The Balaban J connectivity index is 1.76. The highest BCUT2D eigenvalue weighted by atomic mass is 35.5. The Morgan fingerprint density at radius 3 is 1.93 bits per heavy atom. The highest BCUT2D eigenvalue weighted by Gasteiger charge is 2.41. The second kappa shape index (κ2) is 11.7. The molecular weight excluding hydrogens is 582 g/mol. The van der Waals surface area contributed by atoms with Gasteiger partial charge in [-0.2, -0.15) is 26.3 Å². The molecule has 4 aromatic rings. The molecule has 0 radical (unpaired) electrons. The molecule has 0 unspecified atom stereocenters. The molecule has 0 fully saturated rings. The number of carbonyl (C=O) groups excluding carboxylic acids is 1. The van der Waals surface area contributed by atoms with E-state index in [0.29, 0.717) is 28.3 Å². The van der Waals surface area contributed by atoms with Crippen LogP contribution in [-0.4, -0.2) is 17.9 Å². The SMILES string of the molecule is CN(C(=O)C(C)(C)c1cc(C(F)(F)F)cc(C(F)(F)F)c1)c1cnc(OCc2ccccc2)cc1-c1ccccc1Cl. The number of aromatic nitrogens is 1. The van der Waals surface area contributed by atoms with Crippen LogP contribution in [0.4, 0.5) is 32.0 Å². The molecule has 0 aliphatic heterocycles.